The smallest absolute Gasteiger partial charge is 0.145 e. The summed E-state index contributed by atoms with van der Waals surface area (Å²) in [5, 5.41) is 0. The van der Waals surface area contributed by atoms with Crippen molar-refractivity contribution in [1.82, 2.24) is 0 Å². The number of ether oxygens (including phenoxy) is 4. The van der Waals surface area contributed by atoms with Crippen LogP contribution in [0, 0.1) is 0 Å². The molecule has 2 rings (SSSR count). The number of rotatable bonds is 3. The van der Waals surface area contributed by atoms with Crippen molar-refractivity contribution >= 4 is 7.85 Å². The quantitative estimate of drug-likeness (QED) is 0.583. The lowest BCUT2D eigenvalue weighted by molar-refractivity contribution is -0.178. The fourth-order valence-corrected chi connectivity index (χ4v) is 2.46. The first-order valence-electron chi connectivity index (χ1n) is 4.76. The maximum atomic E-state index is 5.78. The lowest BCUT2D eigenvalue weighted by Crippen LogP contribution is -2.50. The molecule has 2 bridgehead atoms. The zero-order valence-corrected chi connectivity index (χ0v) is 8.73. The standard InChI is InChI=1S/C9H15BO4/c1-5-9(4-11-2)7(12-3)6(13-5)8(10)14-9/h5-8H,4H2,1-3H3/t5-,6?,7-,8+,9-/m0/s1. The molecular weight excluding hydrogens is 183 g/mol. The molecule has 2 aliphatic heterocycles. The van der Waals surface area contributed by atoms with Crippen molar-refractivity contribution in [3.8, 4) is 0 Å². The Hall–Kier alpha value is -0.0951. The predicted molar refractivity (Wildman–Crippen MR) is 50.4 cm³/mol. The second-order valence-corrected chi connectivity index (χ2v) is 3.87. The van der Waals surface area contributed by atoms with E-state index in [1.807, 2.05) is 6.92 Å². The summed E-state index contributed by atoms with van der Waals surface area (Å²) in [6, 6.07) is -0.411. The van der Waals surface area contributed by atoms with E-state index in [1.54, 1.807) is 14.2 Å². The summed E-state index contributed by atoms with van der Waals surface area (Å²) in [5.41, 5.74) is -0.534. The van der Waals surface area contributed by atoms with Gasteiger partial charge in [0.15, 0.2) is 0 Å². The maximum absolute atomic E-state index is 5.78. The van der Waals surface area contributed by atoms with Crippen LogP contribution in [0.3, 0.4) is 0 Å². The van der Waals surface area contributed by atoms with Gasteiger partial charge in [-0.25, -0.2) is 0 Å². The highest BCUT2D eigenvalue weighted by Crippen LogP contribution is 2.44. The predicted octanol–water partition coefficient (Wildman–Crippen LogP) is -0.301. The Morgan fingerprint density at radius 3 is 2.71 bits per heavy atom. The Bertz CT molecular complexity index is 225. The van der Waals surface area contributed by atoms with E-state index in [2.05, 4.69) is 0 Å². The summed E-state index contributed by atoms with van der Waals surface area (Å²) in [5.74, 6) is 0. The lowest BCUT2D eigenvalue weighted by atomic mass is 9.90. The highest BCUT2D eigenvalue weighted by molar-refractivity contribution is 6.11. The van der Waals surface area contributed by atoms with E-state index in [9.17, 15) is 0 Å². The fraction of sp³-hybridized carbons (Fsp3) is 1.00. The molecule has 0 saturated carbocycles. The minimum atomic E-state index is -0.534. The summed E-state index contributed by atoms with van der Waals surface area (Å²) in [4.78, 5) is 0. The van der Waals surface area contributed by atoms with Crippen LogP contribution in [0.4, 0.5) is 0 Å². The molecular formula is C9H15BO4. The van der Waals surface area contributed by atoms with Crippen LogP contribution in [0.5, 0.6) is 0 Å². The second-order valence-electron chi connectivity index (χ2n) is 3.87. The first kappa shape index (κ1) is 10.4. The van der Waals surface area contributed by atoms with Crippen molar-refractivity contribution in [3.63, 3.8) is 0 Å². The van der Waals surface area contributed by atoms with Crippen molar-refractivity contribution < 1.29 is 18.9 Å². The molecule has 0 aromatic carbocycles. The van der Waals surface area contributed by atoms with Crippen LogP contribution < -0.4 is 0 Å². The van der Waals surface area contributed by atoms with E-state index in [4.69, 9.17) is 26.8 Å². The summed E-state index contributed by atoms with van der Waals surface area (Å²) >= 11 is 0. The second kappa shape index (κ2) is 3.49. The summed E-state index contributed by atoms with van der Waals surface area (Å²) in [6.07, 6.45) is -0.352. The minimum Gasteiger partial charge on any atom is -0.381 e. The van der Waals surface area contributed by atoms with Gasteiger partial charge >= 0.3 is 0 Å². The van der Waals surface area contributed by atoms with Gasteiger partial charge in [-0.05, 0) is 6.92 Å². The molecule has 2 heterocycles. The Balaban J connectivity index is 2.25. The van der Waals surface area contributed by atoms with Crippen LogP contribution in [0.25, 0.3) is 0 Å². The first-order valence-corrected chi connectivity index (χ1v) is 4.76. The molecule has 5 heteroatoms. The number of hydrogen-bond acceptors (Lipinski definition) is 4. The number of fused-ring (bicyclic) bond motifs is 2. The maximum Gasteiger partial charge on any atom is 0.145 e. The zero-order valence-electron chi connectivity index (χ0n) is 8.73. The van der Waals surface area contributed by atoms with E-state index in [-0.39, 0.29) is 18.3 Å². The summed E-state index contributed by atoms with van der Waals surface area (Å²) in [6.45, 7) is 2.40. The highest BCUT2D eigenvalue weighted by Gasteiger charge is 2.64. The molecule has 2 saturated heterocycles. The molecule has 5 atom stereocenters. The largest absolute Gasteiger partial charge is 0.381 e. The zero-order chi connectivity index (χ0) is 10.3. The normalized spacial score (nSPS) is 51.4. The molecule has 0 N–H and O–H groups in total. The fourth-order valence-electron chi connectivity index (χ4n) is 2.46. The molecule has 4 nitrogen and oxygen atoms in total. The third-order valence-corrected chi connectivity index (χ3v) is 3.13. The van der Waals surface area contributed by atoms with Gasteiger partial charge in [0.05, 0.1) is 12.7 Å². The van der Waals surface area contributed by atoms with E-state index >= 15 is 0 Å². The van der Waals surface area contributed by atoms with Gasteiger partial charge in [-0.3, -0.25) is 0 Å². The van der Waals surface area contributed by atoms with Crippen LogP contribution in [0.2, 0.25) is 0 Å². The van der Waals surface area contributed by atoms with Crippen LogP contribution in [-0.2, 0) is 18.9 Å². The molecule has 14 heavy (non-hydrogen) atoms. The van der Waals surface area contributed by atoms with Gasteiger partial charge in [0.1, 0.15) is 25.7 Å². The summed E-state index contributed by atoms with van der Waals surface area (Å²) < 4.78 is 21.9. The molecule has 0 aromatic rings. The monoisotopic (exact) mass is 198 g/mol. The number of methoxy groups -OCH3 is 2. The van der Waals surface area contributed by atoms with Crippen LogP contribution in [0.15, 0.2) is 0 Å². The molecule has 2 fully saturated rings. The van der Waals surface area contributed by atoms with Crippen LogP contribution >= 0.6 is 0 Å². The number of hydrogen-bond donors (Lipinski definition) is 0. The molecule has 1 unspecified atom stereocenters. The SMILES string of the molecule is [B][C@@H]1O[C@@]2(COC)[C@H](C)OC1[C@@H]2OC. The molecule has 2 aliphatic rings. The van der Waals surface area contributed by atoms with Crippen LogP contribution in [-0.4, -0.2) is 58.6 Å². The van der Waals surface area contributed by atoms with Gasteiger partial charge < -0.3 is 18.9 Å². The third-order valence-electron chi connectivity index (χ3n) is 3.13. The average Bonchev–Trinajstić information content (AvgIpc) is 2.54. The first-order chi connectivity index (χ1) is 6.65. The van der Waals surface area contributed by atoms with Gasteiger partial charge in [0, 0.05) is 20.2 Å². The highest BCUT2D eigenvalue weighted by atomic mass is 16.7. The summed E-state index contributed by atoms with van der Waals surface area (Å²) in [7, 11) is 9.06. The van der Waals surface area contributed by atoms with E-state index in [0.717, 1.165) is 0 Å². The minimum absolute atomic E-state index is 0.0443. The van der Waals surface area contributed by atoms with Crippen molar-refractivity contribution in [1.29, 1.82) is 0 Å². The van der Waals surface area contributed by atoms with Gasteiger partial charge in [-0.1, -0.05) is 0 Å². The van der Waals surface area contributed by atoms with Crippen molar-refractivity contribution in [2.75, 3.05) is 20.8 Å². The molecule has 0 aliphatic carbocycles. The Morgan fingerprint density at radius 1 is 1.43 bits per heavy atom. The van der Waals surface area contributed by atoms with Gasteiger partial charge in [-0.15, -0.1) is 0 Å². The lowest BCUT2D eigenvalue weighted by Gasteiger charge is -2.34. The molecule has 2 radical (unpaired) electrons. The van der Waals surface area contributed by atoms with Crippen molar-refractivity contribution in [2.45, 2.75) is 36.8 Å². The topological polar surface area (TPSA) is 36.9 Å². The van der Waals surface area contributed by atoms with Crippen molar-refractivity contribution in [2.24, 2.45) is 0 Å². The van der Waals surface area contributed by atoms with E-state index in [0.29, 0.717) is 6.61 Å². The van der Waals surface area contributed by atoms with Gasteiger partial charge in [0.25, 0.3) is 0 Å². The molecule has 0 aromatic heterocycles. The molecule has 0 amide bonds. The molecule has 78 valence electrons. The Kier molecular flexibility index (Phi) is 2.60. The van der Waals surface area contributed by atoms with Gasteiger partial charge in [-0.2, -0.15) is 0 Å². The third kappa shape index (κ3) is 1.16. The Labute approximate surface area is 85.3 Å². The van der Waals surface area contributed by atoms with Crippen LogP contribution in [0.1, 0.15) is 6.92 Å². The van der Waals surface area contributed by atoms with Crippen molar-refractivity contribution in [3.05, 3.63) is 0 Å². The Morgan fingerprint density at radius 2 is 2.14 bits per heavy atom. The van der Waals surface area contributed by atoms with Gasteiger partial charge in [0.2, 0.25) is 0 Å². The molecule has 0 spiro atoms. The average molecular weight is 198 g/mol. The van der Waals surface area contributed by atoms with E-state index < -0.39 is 11.6 Å². The van der Waals surface area contributed by atoms with E-state index in [1.165, 1.54) is 0 Å².